The molecule has 0 atom stereocenters. The predicted octanol–water partition coefficient (Wildman–Crippen LogP) is 5.60. The van der Waals surface area contributed by atoms with Crippen molar-refractivity contribution in [2.45, 2.75) is 0 Å². The molecule has 88 valence electrons. The van der Waals surface area contributed by atoms with Gasteiger partial charge >= 0.3 is 0 Å². The van der Waals surface area contributed by atoms with Crippen molar-refractivity contribution in [1.82, 2.24) is 4.98 Å². The minimum atomic E-state index is 0.374. The highest BCUT2D eigenvalue weighted by molar-refractivity contribution is 9.10. The van der Waals surface area contributed by atoms with Crippen LogP contribution in [-0.4, -0.2) is 4.98 Å². The van der Waals surface area contributed by atoms with Crippen molar-refractivity contribution in [3.8, 4) is 11.6 Å². The summed E-state index contributed by atoms with van der Waals surface area (Å²) in [5.41, 5.74) is 0. The van der Waals surface area contributed by atoms with Crippen LogP contribution in [0, 0.1) is 0 Å². The van der Waals surface area contributed by atoms with Crippen LogP contribution in [0.4, 0.5) is 0 Å². The Morgan fingerprint density at radius 3 is 2.53 bits per heavy atom. The molecule has 0 fully saturated rings. The molecular formula is C11H5BrCl3NO. The van der Waals surface area contributed by atoms with Crippen molar-refractivity contribution in [2.24, 2.45) is 0 Å². The summed E-state index contributed by atoms with van der Waals surface area (Å²) in [7, 11) is 0. The van der Waals surface area contributed by atoms with Gasteiger partial charge < -0.3 is 4.74 Å². The summed E-state index contributed by atoms with van der Waals surface area (Å²) in [5.74, 6) is 0.813. The van der Waals surface area contributed by atoms with Gasteiger partial charge in [-0.15, -0.1) is 0 Å². The van der Waals surface area contributed by atoms with Crippen molar-refractivity contribution in [3.63, 3.8) is 0 Å². The fraction of sp³-hybridized carbons (Fsp3) is 0. The SMILES string of the molecule is Clc1cnc(Oc2cc(Cl)ccc2Cl)c(Br)c1. The average Bonchev–Trinajstić information content (AvgIpc) is 2.27. The highest BCUT2D eigenvalue weighted by Gasteiger charge is 2.08. The van der Waals surface area contributed by atoms with Crippen molar-refractivity contribution < 1.29 is 4.74 Å². The molecule has 17 heavy (non-hydrogen) atoms. The first-order valence-electron chi connectivity index (χ1n) is 4.50. The number of rotatable bonds is 2. The van der Waals surface area contributed by atoms with Gasteiger partial charge in [0, 0.05) is 17.3 Å². The minimum Gasteiger partial charge on any atom is -0.436 e. The summed E-state index contributed by atoms with van der Waals surface area (Å²) >= 11 is 20.9. The van der Waals surface area contributed by atoms with Gasteiger partial charge in [0.05, 0.1) is 14.5 Å². The third-order valence-corrected chi connectivity index (χ3v) is 3.20. The normalized spacial score (nSPS) is 10.4. The number of halogens is 4. The summed E-state index contributed by atoms with van der Waals surface area (Å²) in [6.07, 6.45) is 1.49. The van der Waals surface area contributed by atoms with E-state index in [0.717, 1.165) is 0 Å². The monoisotopic (exact) mass is 351 g/mol. The number of pyridine rings is 1. The molecule has 0 N–H and O–H groups in total. The maximum absolute atomic E-state index is 5.98. The maximum Gasteiger partial charge on any atom is 0.233 e. The zero-order valence-electron chi connectivity index (χ0n) is 8.25. The van der Waals surface area contributed by atoms with Gasteiger partial charge in [-0.2, -0.15) is 0 Å². The lowest BCUT2D eigenvalue weighted by Crippen LogP contribution is -1.90. The Labute approximate surface area is 122 Å². The Balaban J connectivity index is 2.34. The Morgan fingerprint density at radius 1 is 1.06 bits per heavy atom. The van der Waals surface area contributed by atoms with Crippen LogP contribution in [0.1, 0.15) is 0 Å². The number of hydrogen-bond acceptors (Lipinski definition) is 2. The van der Waals surface area contributed by atoms with E-state index in [-0.39, 0.29) is 0 Å². The number of aromatic nitrogens is 1. The number of nitrogens with zero attached hydrogens (tertiary/aromatic N) is 1. The van der Waals surface area contributed by atoms with E-state index in [0.29, 0.717) is 31.2 Å². The maximum atomic E-state index is 5.98. The first-order valence-corrected chi connectivity index (χ1v) is 6.43. The van der Waals surface area contributed by atoms with Crippen LogP contribution >= 0.6 is 50.7 Å². The molecule has 2 aromatic rings. The number of benzene rings is 1. The van der Waals surface area contributed by atoms with Gasteiger partial charge in [-0.3, -0.25) is 0 Å². The highest BCUT2D eigenvalue weighted by atomic mass is 79.9. The summed E-state index contributed by atoms with van der Waals surface area (Å²) in [4.78, 5) is 4.04. The van der Waals surface area contributed by atoms with Gasteiger partial charge in [-0.25, -0.2) is 4.98 Å². The molecule has 1 aromatic carbocycles. The Kier molecular flexibility index (Phi) is 4.15. The lowest BCUT2D eigenvalue weighted by Gasteiger charge is -2.08. The third kappa shape index (κ3) is 3.26. The van der Waals surface area contributed by atoms with Crippen LogP contribution in [-0.2, 0) is 0 Å². The molecule has 0 saturated carbocycles. The molecule has 6 heteroatoms. The molecule has 0 radical (unpaired) electrons. The van der Waals surface area contributed by atoms with E-state index in [1.807, 2.05) is 0 Å². The van der Waals surface area contributed by atoms with Gasteiger partial charge in [-0.1, -0.05) is 34.8 Å². The van der Waals surface area contributed by atoms with Crippen molar-refractivity contribution >= 4 is 50.7 Å². The van der Waals surface area contributed by atoms with Crippen LogP contribution in [0.25, 0.3) is 0 Å². The summed E-state index contributed by atoms with van der Waals surface area (Å²) in [6, 6.07) is 6.64. The molecule has 2 nitrogen and oxygen atoms in total. The molecule has 0 amide bonds. The molecule has 0 aliphatic heterocycles. The van der Waals surface area contributed by atoms with Crippen LogP contribution in [0.15, 0.2) is 34.9 Å². The first kappa shape index (κ1) is 13.0. The summed E-state index contributed by atoms with van der Waals surface area (Å²) < 4.78 is 6.18. The van der Waals surface area contributed by atoms with E-state index in [4.69, 9.17) is 39.5 Å². The third-order valence-electron chi connectivity index (χ3n) is 1.87. The van der Waals surface area contributed by atoms with Gasteiger partial charge in [0.2, 0.25) is 5.88 Å². The van der Waals surface area contributed by atoms with Crippen LogP contribution in [0.5, 0.6) is 11.6 Å². The molecule has 0 saturated heterocycles. The summed E-state index contributed by atoms with van der Waals surface area (Å²) in [6.45, 7) is 0. The van der Waals surface area contributed by atoms with Crippen LogP contribution in [0.2, 0.25) is 15.1 Å². The van der Waals surface area contributed by atoms with Gasteiger partial charge in [0.1, 0.15) is 5.75 Å². The second kappa shape index (κ2) is 5.44. The van der Waals surface area contributed by atoms with E-state index in [9.17, 15) is 0 Å². The fourth-order valence-electron chi connectivity index (χ4n) is 1.14. The Bertz CT molecular complexity index is 562. The number of ether oxygens (including phenoxy) is 1. The molecule has 0 spiro atoms. The molecule has 0 unspecified atom stereocenters. The average molecular weight is 353 g/mol. The smallest absolute Gasteiger partial charge is 0.233 e. The van der Waals surface area contributed by atoms with E-state index >= 15 is 0 Å². The molecule has 0 bridgehead atoms. The molecule has 1 aromatic heterocycles. The van der Waals surface area contributed by atoms with Crippen molar-refractivity contribution in [2.75, 3.05) is 0 Å². The molecular weight excluding hydrogens is 348 g/mol. The largest absolute Gasteiger partial charge is 0.436 e. The fourth-order valence-corrected chi connectivity index (χ4v) is 2.17. The lowest BCUT2D eigenvalue weighted by molar-refractivity contribution is 0.460. The van der Waals surface area contributed by atoms with E-state index in [2.05, 4.69) is 20.9 Å². The van der Waals surface area contributed by atoms with E-state index < -0.39 is 0 Å². The Hall–Kier alpha value is -0.480. The molecule has 2 rings (SSSR count). The quantitative estimate of drug-likeness (QED) is 0.701. The zero-order chi connectivity index (χ0) is 12.4. The topological polar surface area (TPSA) is 22.1 Å². The van der Waals surface area contributed by atoms with Crippen molar-refractivity contribution in [1.29, 1.82) is 0 Å². The molecule has 0 aliphatic rings. The van der Waals surface area contributed by atoms with Gasteiger partial charge in [0.25, 0.3) is 0 Å². The molecule has 1 heterocycles. The highest BCUT2D eigenvalue weighted by Crippen LogP contribution is 2.34. The van der Waals surface area contributed by atoms with Crippen LogP contribution < -0.4 is 4.74 Å². The predicted molar refractivity (Wildman–Crippen MR) is 73.5 cm³/mol. The molecule has 0 aliphatic carbocycles. The minimum absolute atomic E-state index is 0.374. The Morgan fingerprint density at radius 2 is 1.82 bits per heavy atom. The lowest BCUT2D eigenvalue weighted by atomic mass is 10.3. The van der Waals surface area contributed by atoms with Gasteiger partial charge in [-0.05, 0) is 34.1 Å². The van der Waals surface area contributed by atoms with Gasteiger partial charge in [0.15, 0.2) is 0 Å². The van der Waals surface area contributed by atoms with E-state index in [1.54, 1.807) is 24.3 Å². The first-order chi connectivity index (χ1) is 8.06. The second-order valence-corrected chi connectivity index (χ2v) is 5.25. The van der Waals surface area contributed by atoms with Crippen molar-refractivity contribution in [3.05, 3.63) is 50.0 Å². The second-order valence-electron chi connectivity index (χ2n) is 3.12. The van der Waals surface area contributed by atoms with E-state index in [1.165, 1.54) is 6.20 Å². The standard InChI is InChI=1S/C11H5BrCl3NO/c12-8-3-7(14)5-16-11(8)17-10-4-6(13)1-2-9(10)15/h1-5H. The summed E-state index contributed by atoms with van der Waals surface area (Å²) in [5, 5.41) is 1.51. The number of hydrogen-bond donors (Lipinski definition) is 0. The van der Waals surface area contributed by atoms with Crippen LogP contribution in [0.3, 0.4) is 0 Å². The zero-order valence-corrected chi connectivity index (χ0v) is 12.1.